The third-order valence-corrected chi connectivity index (χ3v) is 5.93. The van der Waals surface area contributed by atoms with Crippen LogP contribution in [-0.2, 0) is 14.3 Å². The predicted octanol–water partition coefficient (Wildman–Crippen LogP) is 3.83. The first-order valence-corrected chi connectivity index (χ1v) is 10.3. The molecule has 1 saturated heterocycles. The van der Waals surface area contributed by atoms with E-state index in [1.54, 1.807) is 4.90 Å². The van der Waals surface area contributed by atoms with Crippen molar-refractivity contribution < 1.29 is 14.3 Å². The number of nitrogens with one attached hydrogen (secondary N) is 1. The summed E-state index contributed by atoms with van der Waals surface area (Å²) in [6, 6.07) is 5.88. The quantitative estimate of drug-likeness (QED) is 0.826. The fraction of sp³-hybridized carbons (Fsp3) is 0.636. The Balaban J connectivity index is 1.66. The van der Waals surface area contributed by atoms with Crippen LogP contribution in [-0.4, -0.2) is 42.5 Å². The van der Waals surface area contributed by atoms with Crippen molar-refractivity contribution in [1.29, 1.82) is 0 Å². The van der Waals surface area contributed by atoms with Crippen LogP contribution in [0.1, 0.15) is 56.1 Å². The number of anilines is 1. The molecule has 0 bridgehead atoms. The second-order valence-corrected chi connectivity index (χ2v) is 7.98. The van der Waals surface area contributed by atoms with E-state index < -0.39 is 0 Å². The fourth-order valence-electron chi connectivity index (χ4n) is 4.12. The molecule has 5 nitrogen and oxygen atoms in total. The van der Waals surface area contributed by atoms with Crippen LogP contribution in [0.15, 0.2) is 18.2 Å². The normalized spacial score (nSPS) is 20.4. The van der Waals surface area contributed by atoms with Gasteiger partial charge in [-0.2, -0.15) is 0 Å². The van der Waals surface area contributed by atoms with Gasteiger partial charge < -0.3 is 15.0 Å². The molecule has 1 atom stereocenters. The monoisotopic (exact) mass is 372 g/mol. The van der Waals surface area contributed by atoms with Gasteiger partial charge in [-0.3, -0.25) is 9.59 Å². The first kappa shape index (κ1) is 19.9. The van der Waals surface area contributed by atoms with Crippen molar-refractivity contribution >= 4 is 17.5 Å². The van der Waals surface area contributed by atoms with Crippen LogP contribution in [0.2, 0.25) is 0 Å². The lowest BCUT2D eigenvalue weighted by molar-refractivity contribution is -0.140. The number of hydrogen-bond donors (Lipinski definition) is 1. The van der Waals surface area contributed by atoms with Crippen LogP contribution in [0, 0.1) is 19.8 Å². The zero-order chi connectivity index (χ0) is 19.2. The Morgan fingerprint density at radius 3 is 2.59 bits per heavy atom. The van der Waals surface area contributed by atoms with Crippen LogP contribution in [0.4, 0.5) is 5.69 Å². The number of hydrogen-bond acceptors (Lipinski definition) is 3. The van der Waals surface area contributed by atoms with E-state index in [2.05, 4.69) is 5.32 Å². The zero-order valence-corrected chi connectivity index (χ0v) is 16.6. The van der Waals surface area contributed by atoms with E-state index in [9.17, 15) is 9.59 Å². The molecule has 2 aliphatic rings. The Kier molecular flexibility index (Phi) is 6.89. The molecule has 3 rings (SSSR count). The molecule has 148 valence electrons. The van der Waals surface area contributed by atoms with Gasteiger partial charge in [-0.1, -0.05) is 31.4 Å². The molecule has 1 aliphatic carbocycles. The second kappa shape index (κ2) is 9.36. The van der Waals surface area contributed by atoms with Gasteiger partial charge in [0.1, 0.15) is 0 Å². The standard InChI is InChI=1S/C22H32N2O3/c1-16-8-6-12-20(17(16)2)23-21(25)15-24(14-19-11-7-13-27-19)22(26)18-9-4-3-5-10-18/h6,8,12,18-19H,3-5,7,9-11,13-15H2,1-2H3,(H,23,25). The molecule has 1 N–H and O–H groups in total. The van der Waals surface area contributed by atoms with Crippen molar-refractivity contribution in [2.45, 2.75) is 64.9 Å². The number of benzene rings is 1. The molecule has 1 aliphatic heterocycles. The van der Waals surface area contributed by atoms with Gasteiger partial charge in [0.2, 0.25) is 11.8 Å². The van der Waals surface area contributed by atoms with Gasteiger partial charge in [-0.05, 0) is 56.7 Å². The van der Waals surface area contributed by atoms with Crippen LogP contribution in [0.25, 0.3) is 0 Å². The first-order chi connectivity index (χ1) is 13.0. The number of rotatable bonds is 6. The van der Waals surface area contributed by atoms with Crippen molar-refractivity contribution in [2.24, 2.45) is 5.92 Å². The van der Waals surface area contributed by atoms with Crippen LogP contribution in [0.3, 0.4) is 0 Å². The van der Waals surface area contributed by atoms with Gasteiger partial charge in [-0.15, -0.1) is 0 Å². The Morgan fingerprint density at radius 1 is 1.11 bits per heavy atom. The summed E-state index contributed by atoms with van der Waals surface area (Å²) in [6.07, 6.45) is 7.38. The highest BCUT2D eigenvalue weighted by molar-refractivity contribution is 5.95. The summed E-state index contributed by atoms with van der Waals surface area (Å²) in [5, 5.41) is 2.99. The van der Waals surface area contributed by atoms with Crippen molar-refractivity contribution in [3.05, 3.63) is 29.3 Å². The minimum atomic E-state index is -0.133. The first-order valence-electron chi connectivity index (χ1n) is 10.3. The molecule has 27 heavy (non-hydrogen) atoms. The van der Waals surface area contributed by atoms with E-state index in [1.165, 1.54) is 6.42 Å². The summed E-state index contributed by atoms with van der Waals surface area (Å²) in [5.74, 6) is 0.0563. The average molecular weight is 373 g/mol. The average Bonchev–Trinajstić information content (AvgIpc) is 3.18. The number of aryl methyl sites for hydroxylation is 1. The minimum absolute atomic E-state index is 0.0612. The highest BCUT2D eigenvalue weighted by Crippen LogP contribution is 2.26. The van der Waals surface area contributed by atoms with E-state index in [-0.39, 0.29) is 30.4 Å². The van der Waals surface area contributed by atoms with Gasteiger partial charge in [0.25, 0.3) is 0 Å². The Hall–Kier alpha value is -1.88. The van der Waals surface area contributed by atoms with Gasteiger partial charge in [0.05, 0.1) is 12.6 Å². The van der Waals surface area contributed by atoms with Crippen LogP contribution >= 0.6 is 0 Å². The predicted molar refractivity (Wildman–Crippen MR) is 107 cm³/mol. The summed E-state index contributed by atoms with van der Waals surface area (Å²) >= 11 is 0. The molecular weight excluding hydrogens is 340 g/mol. The molecule has 2 fully saturated rings. The molecule has 1 heterocycles. The van der Waals surface area contributed by atoms with Crippen molar-refractivity contribution in [3.8, 4) is 0 Å². The number of carbonyl (C=O) groups excluding carboxylic acids is 2. The Morgan fingerprint density at radius 2 is 1.89 bits per heavy atom. The maximum absolute atomic E-state index is 13.1. The van der Waals surface area contributed by atoms with Gasteiger partial charge in [-0.25, -0.2) is 0 Å². The lowest BCUT2D eigenvalue weighted by Crippen LogP contribution is -2.45. The zero-order valence-electron chi connectivity index (χ0n) is 16.6. The second-order valence-electron chi connectivity index (χ2n) is 7.98. The van der Waals surface area contributed by atoms with Crippen molar-refractivity contribution in [1.82, 2.24) is 4.90 Å². The maximum atomic E-state index is 13.1. The molecular formula is C22H32N2O3. The van der Waals surface area contributed by atoms with Crippen LogP contribution < -0.4 is 5.32 Å². The summed E-state index contributed by atoms with van der Waals surface area (Å²) < 4.78 is 5.73. The molecule has 0 spiro atoms. The van der Waals surface area contributed by atoms with E-state index in [1.807, 2.05) is 32.0 Å². The molecule has 1 unspecified atom stereocenters. The Labute approximate surface area is 162 Å². The van der Waals surface area contributed by atoms with Crippen molar-refractivity contribution in [3.63, 3.8) is 0 Å². The van der Waals surface area contributed by atoms with Gasteiger partial charge in [0.15, 0.2) is 0 Å². The van der Waals surface area contributed by atoms with E-state index in [0.717, 1.165) is 61.9 Å². The topological polar surface area (TPSA) is 58.6 Å². The molecule has 1 aromatic rings. The summed E-state index contributed by atoms with van der Waals surface area (Å²) in [4.78, 5) is 27.5. The summed E-state index contributed by atoms with van der Waals surface area (Å²) in [6.45, 7) is 5.41. The maximum Gasteiger partial charge on any atom is 0.244 e. The molecule has 0 aromatic heterocycles. The Bertz CT molecular complexity index is 662. The minimum Gasteiger partial charge on any atom is -0.376 e. The summed E-state index contributed by atoms with van der Waals surface area (Å²) in [7, 11) is 0. The number of ether oxygens (including phenoxy) is 1. The highest BCUT2D eigenvalue weighted by Gasteiger charge is 2.30. The lowest BCUT2D eigenvalue weighted by atomic mass is 9.88. The number of amides is 2. The molecule has 2 amide bonds. The van der Waals surface area contributed by atoms with Crippen LogP contribution in [0.5, 0.6) is 0 Å². The fourth-order valence-corrected chi connectivity index (χ4v) is 4.12. The van der Waals surface area contributed by atoms with E-state index in [0.29, 0.717) is 6.54 Å². The number of nitrogens with zero attached hydrogens (tertiary/aromatic N) is 1. The van der Waals surface area contributed by atoms with Gasteiger partial charge >= 0.3 is 0 Å². The third kappa shape index (κ3) is 5.32. The SMILES string of the molecule is Cc1cccc(NC(=O)CN(CC2CCCO2)C(=O)C2CCCCC2)c1C. The lowest BCUT2D eigenvalue weighted by Gasteiger charge is -2.30. The van der Waals surface area contributed by atoms with E-state index >= 15 is 0 Å². The number of carbonyl (C=O) groups is 2. The third-order valence-electron chi connectivity index (χ3n) is 5.93. The molecule has 1 aromatic carbocycles. The molecule has 1 saturated carbocycles. The van der Waals surface area contributed by atoms with Crippen molar-refractivity contribution in [2.75, 3.05) is 25.0 Å². The van der Waals surface area contributed by atoms with Gasteiger partial charge in [0, 0.05) is 24.8 Å². The molecule has 5 heteroatoms. The molecule has 0 radical (unpaired) electrons. The van der Waals surface area contributed by atoms with E-state index in [4.69, 9.17) is 4.74 Å². The summed E-state index contributed by atoms with van der Waals surface area (Å²) in [5.41, 5.74) is 3.03. The largest absolute Gasteiger partial charge is 0.376 e. The highest BCUT2D eigenvalue weighted by atomic mass is 16.5. The smallest absolute Gasteiger partial charge is 0.244 e.